The topological polar surface area (TPSA) is 374 Å². The maximum atomic E-state index is 12.2. The maximum absolute atomic E-state index is 12.2. The first-order chi connectivity index (χ1) is 25.4. The number of amides is 3. The second-order valence-electron chi connectivity index (χ2n) is 13.4. The van der Waals surface area contributed by atoms with Gasteiger partial charge in [0.05, 0.1) is 26.4 Å². The molecule has 0 saturated carbocycles. The van der Waals surface area contributed by atoms with Gasteiger partial charge < -0.3 is 105 Å². The van der Waals surface area contributed by atoms with Crippen LogP contribution in [0.2, 0.25) is 0 Å². The summed E-state index contributed by atoms with van der Waals surface area (Å²) in [6, 6.07) is -4.48. The molecule has 0 aromatic rings. The molecule has 24 nitrogen and oxygen atoms in total. The lowest BCUT2D eigenvalue weighted by atomic mass is 9.94. The fourth-order valence-corrected chi connectivity index (χ4v) is 6.65. The van der Waals surface area contributed by atoms with Gasteiger partial charge in [-0.3, -0.25) is 14.4 Å². The van der Waals surface area contributed by atoms with E-state index in [-0.39, 0.29) is 0 Å². The normalized spacial score (nSPS) is 45.7. The summed E-state index contributed by atoms with van der Waals surface area (Å²) in [4.78, 5) is 36.1. The summed E-state index contributed by atoms with van der Waals surface area (Å²) in [5.41, 5.74) is 0. The minimum Gasteiger partial charge on any atom is -0.394 e. The highest BCUT2D eigenvalue weighted by Gasteiger charge is 2.54. The predicted molar refractivity (Wildman–Crippen MR) is 169 cm³/mol. The van der Waals surface area contributed by atoms with Crippen molar-refractivity contribution in [3.63, 3.8) is 0 Å². The van der Waals surface area contributed by atoms with Crippen LogP contribution in [0, 0.1) is 0 Å². The van der Waals surface area contributed by atoms with Gasteiger partial charge >= 0.3 is 0 Å². The molecule has 4 saturated heterocycles. The third-order valence-corrected chi connectivity index (χ3v) is 9.39. The Bertz CT molecular complexity index is 1250. The number of hydrogen-bond acceptors (Lipinski definition) is 21. The number of ether oxygens (including phenoxy) is 7. The summed E-state index contributed by atoms with van der Waals surface area (Å²) in [6.07, 6.45) is -28.7. The molecule has 54 heavy (non-hydrogen) atoms. The zero-order valence-corrected chi connectivity index (χ0v) is 29.4. The number of hydrogen-bond donors (Lipinski definition) is 14. The number of rotatable bonds is 13. The van der Waals surface area contributed by atoms with Crippen LogP contribution in [-0.4, -0.2) is 223 Å². The molecule has 0 aromatic heterocycles. The van der Waals surface area contributed by atoms with E-state index in [0.717, 1.165) is 20.8 Å². The van der Waals surface area contributed by atoms with Crippen molar-refractivity contribution < 1.29 is 104 Å². The van der Waals surface area contributed by atoms with Crippen molar-refractivity contribution in [2.45, 2.75) is 143 Å². The average Bonchev–Trinajstić information content (AvgIpc) is 3.11. The SMILES string of the molecule is CC(=O)N[C@H]1[C@H](OC[C@H]2OC(O)[C@H](NC(C)=O)[C@@H](O[C@@H]3O[C@H](CO)[C@H](O)[C@H](O)[C@H]3O)[C@H]2O)O[C@H](CO)[C@@H](O[C@@H]2O[C@H](CO)[C@H](O)[C@H](O)[C@H]2NC(C)=O)[C@@H]1O. The zero-order valence-electron chi connectivity index (χ0n) is 29.4. The lowest BCUT2D eigenvalue weighted by Crippen LogP contribution is -2.70. The lowest BCUT2D eigenvalue weighted by molar-refractivity contribution is -0.350. The molecule has 0 spiro atoms. The van der Waals surface area contributed by atoms with Crippen molar-refractivity contribution in [2.75, 3.05) is 26.4 Å². The van der Waals surface area contributed by atoms with E-state index in [1.54, 1.807) is 0 Å². The van der Waals surface area contributed by atoms with Crippen molar-refractivity contribution in [3.05, 3.63) is 0 Å². The summed E-state index contributed by atoms with van der Waals surface area (Å²) in [7, 11) is 0. The monoisotopic (exact) mass is 789 g/mol. The molecule has 312 valence electrons. The van der Waals surface area contributed by atoms with Gasteiger partial charge in [-0.05, 0) is 0 Å². The molecule has 4 heterocycles. The van der Waals surface area contributed by atoms with E-state index < -0.39 is 167 Å². The second-order valence-corrected chi connectivity index (χ2v) is 13.4. The molecule has 0 radical (unpaired) electrons. The quantitative estimate of drug-likeness (QED) is 0.0823. The largest absolute Gasteiger partial charge is 0.394 e. The van der Waals surface area contributed by atoms with E-state index >= 15 is 0 Å². The highest BCUT2D eigenvalue weighted by molar-refractivity contribution is 5.74. The summed E-state index contributed by atoms with van der Waals surface area (Å²) in [6.45, 7) is 0.103. The molecule has 20 atom stereocenters. The van der Waals surface area contributed by atoms with Gasteiger partial charge in [0.1, 0.15) is 97.5 Å². The predicted octanol–water partition coefficient (Wildman–Crippen LogP) is -9.32. The Kier molecular flexibility index (Phi) is 15.8. The van der Waals surface area contributed by atoms with Crippen molar-refractivity contribution in [1.29, 1.82) is 0 Å². The fourth-order valence-electron chi connectivity index (χ4n) is 6.65. The first-order valence-electron chi connectivity index (χ1n) is 17.1. The summed E-state index contributed by atoms with van der Waals surface area (Å²) in [5.74, 6) is -2.09. The minimum absolute atomic E-state index is 0.670. The molecule has 14 N–H and O–H groups in total. The number of carbonyl (C=O) groups excluding carboxylic acids is 3. The third-order valence-electron chi connectivity index (χ3n) is 9.39. The molecular weight excluding hydrogens is 738 g/mol. The Hall–Kier alpha value is -2.31. The van der Waals surface area contributed by atoms with Gasteiger partial charge in [0.2, 0.25) is 17.7 Å². The van der Waals surface area contributed by atoms with Crippen LogP contribution in [0.3, 0.4) is 0 Å². The Morgan fingerprint density at radius 3 is 1.48 bits per heavy atom. The van der Waals surface area contributed by atoms with Crippen molar-refractivity contribution in [2.24, 2.45) is 0 Å². The Labute approximate surface area is 307 Å². The van der Waals surface area contributed by atoms with E-state index in [1.807, 2.05) is 0 Å². The second kappa shape index (κ2) is 19.2. The lowest BCUT2D eigenvalue weighted by Gasteiger charge is -2.48. The number of aliphatic hydroxyl groups excluding tert-OH is 11. The first-order valence-corrected chi connectivity index (χ1v) is 17.1. The van der Waals surface area contributed by atoms with Gasteiger partial charge in [0.15, 0.2) is 25.2 Å². The third kappa shape index (κ3) is 9.97. The number of nitrogens with one attached hydrogen (secondary N) is 3. The summed E-state index contributed by atoms with van der Waals surface area (Å²) >= 11 is 0. The van der Waals surface area contributed by atoms with Crippen molar-refractivity contribution >= 4 is 17.7 Å². The van der Waals surface area contributed by atoms with E-state index in [9.17, 15) is 70.6 Å². The number of aliphatic hydroxyl groups is 11. The van der Waals surface area contributed by atoms with Gasteiger partial charge in [-0.2, -0.15) is 0 Å². The fraction of sp³-hybridized carbons (Fsp3) is 0.900. The molecule has 1 unspecified atom stereocenters. The molecule has 24 heteroatoms. The van der Waals surface area contributed by atoms with E-state index in [4.69, 9.17) is 33.2 Å². The van der Waals surface area contributed by atoms with Crippen LogP contribution in [-0.2, 0) is 47.5 Å². The van der Waals surface area contributed by atoms with Crippen LogP contribution in [0.5, 0.6) is 0 Å². The maximum Gasteiger partial charge on any atom is 0.217 e. The average molecular weight is 790 g/mol. The molecule has 0 bridgehead atoms. The molecule has 4 fully saturated rings. The minimum atomic E-state index is -1.93. The Morgan fingerprint density at radius 1 is 0.481 bits per heavy atom. The molecule has 3 amide bonds. The van der Waals surface area contributed by atoms with Gasteiger partial charge in [-0.15, -0.1) is 0 Å². The van der Waals surface area contributed by atoms with Crippen LogP contribution in [0.15, 0.2) is 0 Å². The summed E-state index contributed by atoms with van der Waals surface area (Å²) in [5, 5.41) is 122. The summed E-state index contributed by atoms with van der Waals surface area (Å²) < 4.78 is 39.6. The van der Waals surface area contributed by atoms with E-state index in [0.29, 0.717) is 0 Å². The van der Waals surface area contributed by atoms with Crippen LogP contribution < -0.4 is 16.0 Å². The molecular formula is C30H51N3O21. The molecule has 4 rings (SSSR count). The Morgan fingerprint density at radius 2 is 0.944 bits per heavy atom. The molecule has 0 aliphatic carbocycles. The van der Waals surface area contributed by atoms with E-state index in [1.165, 1.54) is 0 Å². The van der Waals surface area contributed by atoms with Crippen LogP contribution in [0.1, 0.15) is 20.8 Å². The smallest absolute Gasteiger partial charge is 0.217 e. The van der Waals surface area contributed by atoms with Crippen LogP contribution in [0.4, 0.5) is 0 Å². The van der Waals surface area contributed by atoms with Crippen LogP contribution in [0.25, 0.3) is 0 Å². The Balaban J connectivity index is 1.53. The molecule has 4 aliphatic heterocycles. The van der Waals surface area contributed by atoms with Crippen molar-refractivity contribution in [1.82, 2.24) is 16.0 Å². The van der Waals surface area contributed by atoms with Gasteiger partial charge in [-0.25, -0.2) is 0 Å². The highest BCUT2D eigenvalue weighted by atomic mass is 16.7. The molecule has 0 aromatic carbocycles. The molecule has 4 aliphatic rings. The standard InChI is InChI=1S/C30H51N3O21/c1-8(37)31-15-21(43)18(40)11(4-34)50-29(15)53-25-13(6-36)52-28(16(22(25)44)32-9(2)38)48-7-14-20(42)26(17(27(47)49-14)33-10(3)39)54-30-24(46)23(45)19(41)12(5-35)51-30/h11-30,34-36,40-47H,4-7H2,1-3H3,(H,31,37)(H,32,38)(H,33,39)/t11-,12-,13-,14-,15-,16-,17-,18+,19+,20+,21-,22-,23+,24-,25-,26-,27?,28-,29+,30+/m1/s1. The van der Waals surface area contributed by atoms with Gasteiger partial charge in [-0.1, -0.05) is 0 Å². The van der Waals surface area contributed by atoms with Crippen molar-refractivity contribution in [3.8, 4) is 0 Å². The van der Waals surface area contributed by atoms with Gasteiger partial charge in [0, 0.05) is 20.8 Å². The van der Waals surface area contributed by atoms with Gasteiger partial charge in [0.25, 0.3) is 0 Å². The highest BCUT2D eigenvalue weighted by Crippen LogP contribution is 2.32. The number of carbonyl (C=O) groups is 3. The van der Waals surface area contributed by atoms with E-state index in [2.05, 4.69) is 16.0 Å². The first kappa shape index (κ1) is 44.4. The van der Waals surface area contributed by atoms with Crippen LogP contribution >= 0.6 is 0 Å². The zero-order chi connectivity index (χ0) is 40.2.